The first-order chi connectivity index (χ1) is 13.3. The maximum Gasteiger partial charge on any atom is 0.264 e. The summed E-state index contributed by atoms with van der Waals surface area (Å²) in [6.07, 6.45) is -1.32. The highest BCUT2D eigenvalue weighted by molar-refractivity contribution is 6.31. The van der Waals surface area contributed by atoms with E-state index >= 15 is 0 Å². The molecule has 0 atom stereocenters. The van der Waals surface area contributed by atoms with E-state index in [1.54, 1.807) is 25.1 Å². The van der Waals surface area contributed by atoms with E-state index in [1.807, 2.05) is 6.92 Å². The van der Waals surface area contributed by atoms with Gasteiger partial charge in [-0.15, -0.1) is 0 Å². The molecule has 2 aromatic heterocycles. The maximum absolute atomic E-state index is 13.3. The lowest BCUT2D eigenvalue weighted by molar-refractivity contribution is -0.116. The van der Waals surface area contributed by atoms with Crippen LogP contribution in [-0.4, -0.2) is 20.3 Å². The number of pyridine rings is 1. The minimum atomic E-state index is -2.78. The van der Waals surface area contributed by atoms with Gasteiger partial charge in [-0.3, -0.25) is 18.8 Å². The number of anilines is 1. The third-order valence-electron chi connectivity index (χ3n) is 4.52. The zero-order valence-corrected chi connectivity index (χ0v) is 16.1. The molecule has 1 N–H and O–H groups in total. The second kappa shape index (κ2) is 8.10. The lowest BCUT2D eigenvalue weighted by Crippen LogP contribution is -2.24. The minimum absolute atomic E-state index is 0.0189. The van der Waals surface area contributed by atoms with Crippen molar-refractivity contribution in [1.29, 1.82) is 0 Å². The number of amides is 1. The van der Waals surface area contributed by atoms with Gasteiger partial charge in [0, 0.05) is 53.4 Å². The van der Waals surface area contributed by atoms with Gasteiger partial charge >= 0.3 is 0 Å². The first kappa shape index (κ1) is 20.0. The van der Waals surface area contributed by atoms with Crippen LogP contribution in [0.2, 0.25) is 5.02 Å². The van der Waals surface area contributed by atoms with E-state index in [-0.39, 0.29) is 35.5 Å². The second-order valence-electron chi connectivity index (χ2n) is 6.32. The SMILES string of the molecule is CCn1cc2c(C(F)F)cc(=O)n(CCC(=O)Nc3cccc(Cl)c3C)c2n1. The highest BCUT2D eigenvalue weighted by Crippen LogP contribution is 2.26. The summed E-state index contributed by atoms with van der Waals surface area (Å²) < 4.78 is 29.3. The molecular weight excluding hydrogens is 390 g/mol. The molecule has 0 aliphatic carbocycles. The van der Waals surface area contributed by atoms with E-state index in [4.69, 9.17) is 11.6 Å². The maximum atomic E-state index is 13.3. The van der Waals surface area contributed by atoms with Crippen molar-refractivity contribution in [3.8, 4) is 0 Å². The van der Waals surface area contributed by atoms with Crippen molar-refractivity contribution in [1.82, 2.24) is 14.3 Å². The van der Waals surface area contributed by atoms with E-state index in [0.717, 1.165) is 11.6 Å². The Balaban J connectivity index is 1.86. The topological polar surface area (TPSA) is 68.9 Å². The molecular formula is C19H19ClF2N4O2. The molecule has 6 nitrogen and oxygen atoms in total. The van der Waals surface area contributed by atoms with E-state index in [9.17, 15) is 18.4 Å². The Labute approximate surface area is 164 Å². The Morgan fingerprint density at radius 3 is 2.79 bits per heavy atom. The number of benzene rings is 1. The molecule has 0 unspecified atom stereocenters. The van der Waals surface area contributed by atoms with Crippen LogP contribution in [0, 0.1) is 6.92 Å². The fraction of sp³-hybridized carbons (Fsp3) is 0.316. The van der Waals surface area contributed by atoms with Crippen molar-refractivity contribution >= 4 is 34.2 Å². The zero-order chi connectivity index (χ0) is 20.4. The van der Waals surface area contributed by atoms with Gasteiger partial charge in [-0.25, -0.2) is 8.78 Å². The number of aryl methyl sites for hydroxylation is 2. The van der Waals surface area contributed by atoms with Crippen molar-refractivity contribution in [3.05, 3.63) is 57.0 Å². The van der Waals surface area contributed by atoms with Gasteiger partial charge in [-0.1, -0.05) is 17.7 Å². The number of fused-ring (bicyclic) bond motifs is 1. The summed E-state index contributed by atoms with van der Waals surface area (Å²) in [4.78, 5) is 24.7. The number of nitrogens with one attached hydrogen (secondary N) is 1. The number of hydrogen-bond donors (Lipinski definition) is 1. The molecule has 0 radical (unpaired) electrons. The number of rotatable bonds is 6. The highest BCUT2D eigenvalue weighted by atomic mass is 35.5. The van der Waals surface area contributed by atoms with Gasteiger partial charge in [0.25, 0.3) is 12.0 Å². The van der Waals surface area contributed by atoms with Crippen molar-refractivity contribution in [3.63, 3.8) is 0 Å². The normalized spacial score (nSPS) is 11.4. The number of carbonyl (C=O) groups excluding carboxylic acids is 1. The molecule has 0 aliphatic heterocycles. The number of hydrogen-bond acceptors (Lipinski definition) is 3. The molecule has 0 fully saturated rings. The van der Waals surface area contributed by atoms with Crippen LogP contribution in [0.3, 0.4) is 0 Å². The summed E-state index contributed by atoms with van der Waals surface area (Å²) in [6.45, 7) is 4.09. The van der Waals surface area contributed by atoms with E-state index in [1.165, 1.54) is 15.4 Å². The van der Waals surface area contributed by atoms with Crippen LogP contribution >= 0.6 is 11.6 Å². The van der Waals surface area contributed by atoms with Crippen molar-refractivity contribution in [2.75, 3.05) is 5.32 Å². The van der Waals surface area contributed by atoms with Gasteiger partial charge in [-0.05, 0) is 31.5 Å². The summed E-state index contributed by atoms with van der Waals surface area (Å²) in [5.41, 5.74) is 0.501. The van der Waals surface area contributed by atoms with Crippen LogP contribution in [0.15, 0.2) is 35.3 Å². The summed E-state index contributed by atoms with van der Waals surface area (Å²) in [5, 5.41) is 7.71. The molecule has 0 aliphatic rings. The van der Waals surface area contributed by atoms with Crippen LogP contribution in [0.4, 0.5) is 14.5 Å². The number of carbonyl (C=O) groups is 1. The monoisotopic (exact) mass is 408 g/mol. The summed E-state index contributed by atoms with van der Waals surface area (Å²) in [5.74, 6) is -0.321. The molecule has 148 valence electrons. The first-order valence-electron chi connectivity index (χ1n) is 8.75. The smallest absolute Gasteiger partial charge is 0.264 e. The minimum Gasteiger partial charge on any atom is -0.326 e. The quantitative estimate of drug-likeness (QED) is 0.666. The van der Waals surface area contributed by atoms with Gasteiger partial charge in [0.1, 0.15) is 0 Å². The number of aromatic nitrogens is 3. The molecule has 28 heavy (non-hydrogen) atoms. The first-order valence-corrected chi connectivity index (χ1v) is 9.13. The molecule has 0 bridgehead atoms. The van der Waals surface area contributed by atoms with Gasteiger partial charge in [0.15, 0.2) is 5.65 Å². The Morgan fingerprint density at radius 2 is 2.11 bits per heavy atom. The fourth-order valence-corrected chi connectivity index (χ4v) is 3.11. The summed E-state index contributed by atoms with van der Waals surface area (Å²) >= 11 is 6.04. The molecule has 0 saturated carbocycles. The molecule has 1 aromatic carbocycles. The van der Waals surface area contributed by atoms with Crippen molar-refractivity contribution < 1.29 is 13.6 Å². The predicted molar refractivity (Wildman–Crippen MR) is 104 cm³/mol. The van der Waals surface area contributed by atoms with Gasteiger partial charge in [-0.2, -0.15) is 5.10 Å². The van der Waals surface area contributed by atoms with Crippen LogP contribution in [0.1, 0.15) is 30.9 Å². The molecule has 3 aromatic rings. The van der Waals surface area contributed by atoms with E-state index in [0.29, 0.717) is 17.3 Å². The van der Waals surface area contributed by atoms with Crippen molar-refractivity contribution in [2.24, 2.45) is 0 Å². The average molecular weight is 409 g/mol. The van der Waals surface area contributed by atoms with Crippen LogP contribution in [0.5, 0.6) is 0 Å². The van der Waals surface area contributed by atoms with E-state index < -0.39 is 12.0 Å². The lowest BCUT2D eigenvalue weighted by atomic mass is 10.2. The molecule has 3 rings (SSSR count). The third kappa shape index (κ3) is 3.91. The number of nitrogens with zero attached hydrogens (tertiary/aromatic N) is 3. The molecule has 2 heterocycles. The van der Waals surface area contributed by atoms with E-state index in [2.05, 4.69) is 10.4 Å². The Bertz CT molecular complexity index is 1090. The second-order valence-corrected chi connectivity index (χ2v) is 6.73. The highest BCUT2D eigenvalue weighted by Gasteiger charge is 2.19. The molecule has 1 amide bonds. The summed E-state index contributed by atoms with van der Waals surface area (Å²) in [7, 11) is 0. The lowest BCUT2D eigenvalue weighted by Gasteiger charge is -2.11. The Kier molecular flexibility index (Phi) is 5.79. The predicted octanol–water partition coefficient (Wildman–Crippen LogP) is 4.15. The van der Waals surface area contributed by atoms with Gasteiger partial charge in [0.2, 0.25) is 5.91 Å². The number of halogens is 3. The van der Waals surface area contributed by atoms with Gasteiger partial charge in [0.05, 0.1) is 0 Å². The average Bonchev–Trinajstić information content (AvgIpc) is 3.08. The van der Waals surface area contributed by atoms with Gasteiger partial charge < -0.3 is 5.32 Å². The third-order valence-corrected chi connectivity index (χ3v) is 4.93. The fourth-order valence-electron chi connectivity index (χ4n) is 2.93. The molecule has 0 saturated heterocycles. The largest absolute Gasteiger partial charge is 0.326 e. The zero-order valence-electron chi connectivity index (χ0n) is 15.4. The number of alkyl halides is 2. The molecule has 0 spiro atoms. The summed E-state index contributed by atoms with van der Waals surface area (Å²) in [6, 6.07) is 6.08. The Morgan fingerprint density at radius 1 is 1.36 bits per heavy atom. The van der Waals surface area contributed by atoms with Crippen LogP contribution in [-0.2, 0) is 17.9 Å². The van der Waals surface area contributed by atoms with Crippen LogP contribution < -0.4 is 10.9 Å². The standard InChI is InChI=1S/C19H19ClF2N4O2/c1-3-25-10-13-12(18(21)22)9-17(28)26(19(13)24-25)8-7-16(27)23-15-6-4-5-14(20)11(15)2/h4-6,9-10,18H,3,7-8H2,1-2H3,(H,23,27). The molecule has 9 heteroatoms. The Hall–Kier alpha value is -2.74. The van der Waals surface area contributed by atoms with Crippen molar-refractivity contribution in [2.45, 2.75) is 39.8 Å². The van der Waals surface area contributed by atoms with Crippen LogP contribution in [0.25, 0.3) is 11.0 Å².